The molecule has 0 aromatic heterocycles. The van der Waals surface area contributed by atoms with Gasteiger partial charge in [0.1, 0.15) is 0 Å². The summed E-state index contributed by atoms with van der Waals surface area (Å²) in [5.41, 5.74) is 0. The molecule has 0 aliphatic heterocycles. The van der Waals surface area contributed by atoms with E-state index in [2.05, 4.69) is 0 Å². The molecule has 0 aromatic carbocycles. The predicted molar refractivity (Wildman–Crippen MR) is 32.2 cm³/mol. The van der Waals surface area contributed by atoms with Gasteiger partial charge in [-0.2, -0.15) is 0 Å². The standard InChI is InChI=1S/C7H11O2/c1-5-3-2-4-6(5)7(8)9/h5-6H,2-4H2,1H3. The van der Waals surface area contributed by atoms with E-state index in [1.807, 2.05) is 6.92 Å². The van der Waals surface area contributed by atoms with Gasteiger partial charge in [0.15, 0.2) is 0 Å². The highest BCUT2D eigenvalue weighted by atomic mass is 16.4. The Hall–Kier alpha value is -0.530. The van der Waals surface area contributed by atoms with E-state index < -0.39 is 5.97 Å². The molecule has 0 saturated heterocycles. The first-order valence-corrected chi connectivity index (χ1v) is 3.42. The van der Waals surface area contributed by atoms with Gasteiger partial charge in [-0.1, -0.05) is 13.3 Å². The number of carbonyl (C=O) groups excluding carboxylic acids is 1. The van der Waals surface area contributed by atoms with Crippen LogP contribution in [-0.2, 0) is 9.90 Å². The van der Waals surface area contributed by atoms with Gasteiger partial charge in [0, 0.05) is 0 Å². The third-order valence-corrected chi connectivity index (χ3v) is 2.16. The minimum Gasteiger partial charge on any atom is -0.247 e. The molecule has 1 radical (unpaired) electrons. The average Bonchev–Trinajstić information content (AvgIpc) is 2.13. The van der Waals surface area contributed by atoms with Gasteiger partial charge in [0.25, 0.3) is 0 Å². The molecule has 2 unspecified atom stereocenters. The van der Waals surface area contributed by atoms with E-state index in [0.29, 0.717) is 5.92 Å². The molecule has 9 heavy (non-hydrogen) atoms. The van der Waals surface area contributed by atoms with E-state index in [9.17, 15) is 9.90 Å². The third kappa shape index (κ3) is 1.23. The van der Waals surface area contributed by atoms with Gasteiger partial charge in [0.2, 0.25) is 0 Å². The maximum Gasteiger partial charge on any atom is 0.358 e. The largest absolute Gasteiger partial charge is 0.358 e. The molecule has 1 saturated carbocycles. The summed E-state index contributed by atoms with van der Waals surface area (Å²) < 4.78 is 0. The summed E-state index contributed by atoms with van der Waals surface area (Å²) >= 11 is 0. The van der Waals surface area contributed by atoms with Crippen LogP contribution in [0.5, 0.6) is 0 Å². The summed E-state index contributed by atoms with van der Waals surface area (Å²) in [6.07, 6.45) is 2.93. The van der Waals surface area contributed by atoms with Crippen LogP contribution in [0, 0.1) is 11.8 Å². The van der Waals surface area contributed by atoms with Crippen molar-refractivity contribution in [3.63, 3.8) is 0 Å². The van der Waals surface area contributed by atoms with Gasteiger partial charge >= 0.3 is 5.97 Å². The van der Waals surface area contributed by atoms with Gasteiger partial charge in [-0.05, 0) is 18.8 Å². The summed E-state index contributed by atoms with van der Waals surface area (Å²) in [4.78, 5) is 10.3. The van der Waals surface area contributed by atoms with Crippen molar-refractivity contribution in [2.75, 3.05) is 0 Å². The molecule has 0 spiro atoms. The van der Waals surface area contributed by atoms with Crippen LogP contribution in [-0.4, -0.2) is 5.97 Å². The van der Waals surface area contributed by atoms with Gasteiger partial charge in [-0.15, -0.1) is 0 Å². The Morgan fingerprint density at radius 3 is 2.33 bits per heavy atom. The molecule has 1 aliphatic carbocycles. The Kier molecular flexibility index (Phi) is 1.74. The van der Waals surface area contributed by atoms with Gasteiger partial charge < -0.3 is 0 Å². The van der Waals surface area contributed by atoms with Crippen LogP contribution < -0.4 is 0 Å². The number of hydrogen-bond acceptors (Lipinski definition) is 1. The molecule has 2 heteroatoms. The quantitative estimate of drug-likeness (QED) is 0.524. The Balaban J connectivity index is 2.49. The maximum atomic E-state index is 10.3. The second-order valence-corrected chi connectivity index (χ2v) is 2.83. The lowest BCUT2D eigenvalue weighted by Gasteiger charge is -2.05. The van der Waals surface area contributed by atoms with Crippen LogP contribution in [0.3, 0.4) is 0 Å². The third-order valence-electron chi connectivity index (χ3n) is 2.16. The average molecular weight is 127 g/mol. The second-order valence-electron chi connectivity index (χ2n) is 2.83. The van der Waals surface area contributed by atoms with Gasteiger partial charge in [0.05, 0.1) is 5.92 Å². The Morgan fingerprint density at radius 1 is 1.44 bits per heavy atom. The van der Waals surface area contributed by atoms with Crippen LogP contribution in [0.25, 0.3) is 0 Å². The topological polar surface area (TPSA) is 37.0 Å². The van der Waals surface area contributed by atoms with Crippen LogP contribution in [0.2, 0.25) is 0 Å². The highest BCUT2D eigenvalue weighted by molar-refractivity contribution is 5.70. The zero-order valence-corrected chi connectivity index (χ0v) is 5.59. The molecule has 2 atom stereocenters. The minimum atomic E-state index is -0.861. The van der Waals surface area contributed by atoms with E-state index >= 15 is 0 Å². The maximum absolute atomic E-state index is 10.3. The fourth-order valence-electron chi connectivity index (χ4n) is 1.50. The summed E-state index contributed by atoms with van der Waals surface area (Å²) in [6.45, 7) is 1.98. The lowest BCUT2D eigenvalue weighted by Crippen LogP contribution is -2.14. The summed E-state index contributed by atoms with van der Waals surface area (Å²) in [6, 6.07) is 0. The molecule has 1 rings (SSSR count). The SMILES string of the molecule is CC1CCCC1C([O])=O. The van der Waals surface area contributed by atoms with Crippen molar-refractivity contribution < 1.29 is 9.90 Å². The predicted octanol–water partition coefficient (Wildman–Crippen LogP) is 1.38. The van der Waals surface area contributed by atoms with E-state index in [-0.39, 0.29) is 5.92 Å². The van der Waals surface area contributed by atoms with Gasteiger partial charge in [-0.25, -0.2) is 9.90 Å². The number of carbonyl (C=O) groups is 1. The van der Waals surface area contributed by atoms with Crippen molar-refractivity contribution in [3.8, 4) is 0 Å². The fraction of sp³-hybridized carbons (Fsp3) is 0.857. The van der Waals surface area contributed by atoms with E-state index in [1.54, 1.807) is 0 Å². The summed E-state index contributed by atoms with van der Waals surface area (Å²) in [5, 5.41) is 10.3. The number of hydrogen-bond donors (Lipinski definition) is 0. The molecule has 0 aromatic rings. The van der Waals surface area contributed by atoms with Crippen molar-refractivity contribution in [1.29, 1.82) is 0 Å². The summed E-state index contributed by atoms with van der Waals surface area (Å²) in [7, 11) is 0. The Bertz CT molecular complexity index is 120. The smallest absolute Gasteiger partial charge is 0.247 e. The fourth-order valence-corrected chi connectivity index (χ4v) is 1.50. The minimum absolute atomic E-state index is 0.162. The van der Waals surface area contributed by atoms with Crippen LogP contribution in [0.4, 0.5) is 0 Å². The summed E-state index contributed by atoms with van der Waals surface area (Å²) in [5.74, 6) is -0.681. The first kappa shape index (κ1) is 6.59. The highest BCUT2D eigenvalue weighted by Crippen LogP contribution is 2.30. The molecule has 0 amide bonds. The van der Waals surface area contributed by atoms with E-state index in [4.69, 9.17) is 0 Å². The Labute approximate surface area is 54.9 Å². The normalized spacial score (nSPS) is 34.8. The van der Waals surface area contributed by atoms with E-state index in [1.165, 1.54) is 0 Å². The zero-order valence-electron chi connectivity index (χ0n) is 5.59. The molecule has 2 nitrogen and oxygen atoms in total. The van der Waals surface area contributed by atoms with Crippen LogP contribution in [0.15, 0.2) is 0 Å². The second kappa shape index (κ2) is 2.38. The Morgan fingerprint density at radius 2 is 2.11 bits per heavy atom. The molecule has 0 bridgehead atoms. The zero-order chi connectivity index (χ0) is 6.85. The first-order valence-electron chi connectivity index (χ1n) is 3.42. The first-order chi connectivity index (χ1) is 4.22. The van der Waals surface area contributed by atoms with Crippen molar-refractivity contribution in [2.24, 2.45) is 11.8 Å². The monoisotopic (exact) mass is 127 g/mol. The molecular weight excluding hydrogens is 116 g/mol. The highest BCUT2D eigenvalue weighted by Gasteiger charge is 2.30. The molecule has 0 N–H and O–H groups in total. The molecule has 51 valence electrons. The van der Waals surface area contributed by atoms with Crippen molar-refractivity contribution in [1.82, 2.24) is 0 Å². The molecule has 1 aliphatic rings. The molecular formula is C7H11O2. The van der Waals surface area contributed by atoms with Crippen molar-refractivity contribution in [3.05, 3.63) is 0 Å². The lowest BCUT2D eigenvalue weighted by atomic mass is 9.99. The lowest BCUT2D eigenvalue weighted by molar-refractivity contribution is -0.149. The van der Waals surface area contributed by atoms with Crippen molar-refractivity contribution >= 4 is 5.97 Å². The number of rotatable bonds is 1. The van der Waals surface area contributed by atoms with Crippen LogP contribution in [0.1, 0.15) is 26.2 Å². The molecule has 1 fully saturated rings. The van der Waals surface area contributed by atoms with Crippen molar-refractivity contribution in [2.45, 2.75) is 26.2 Å². The molecule has 0 heterocycles. The van der Waals surface area contributed by atoms with Crippen LogP contribution >= 0.6 is 0 Å². The van der Waals surface area contributed by atoms with E-state index in [0.717, 1.165) is 19.3 Å². The van der Waals surface area contributed by atoms with Gasteiger partial charge in [-0.3, -0.25) is 0 Å².